The van der Waals surface area contributed by atoms with E-state index in [4.69, 9.17) is 5.73 Å². The van der Waals surface area contributed by atoms with Gasteiger partial charge in [0.25, 0.3) is 0 Å². The van der Waals surface area contributed by atoms with E-state index in [2.05, 4.69) is 10.1 Å². The van der Waals surface area contributed by atoms with Crippen molar-refractivity contribution in [1.29, 1.82) is 0 Å². The lowest BCUT2D eigenvalue weighted by molar-refractivity contribution is -0.138. The lowest BCUT2D eigenvalue weighted by Crippen LogP contribution is -2.53. The Bertz CT molecular complexity index is 648. The normalized spacial score (nSPS) is 19.3. The Morgan fingerprint density at radius 2 is 2.04 bits per heavy atom. The average Bonchev–Trinajstić information content (AvgIpc) is 3.08. The third-order valence-electron chi connectivity index (χ3n) is 4.54. The van der Waals surface area contributed by atoms with Crippen LogP contribution in [-0.2, 0) is 16.9 Å². The van der Waals surface area contributed by atoms with E-state index in [0.29, 0.717) is 5.92 Å². The summed E-state index contributed by atoms with van der Waals surface area (Å²) in [4.78, 5) is 18.8. The molecular weight excluding hydrogens is 361 g/mol. The first-order valence-electron chi connectivity index (χ1n) is 8.03. The number of hydrogen-bond acceptors (Lipinski definition) is 4. The zero-order valence-electron chi connectivity index (χ0n) is 14.2. The molecule has 0 aliphatic carbocycles. The lowest BCUT2D eigenvalue weighted by Gasteiger charge is -2.37. The molecule has 138 valence electrons. The van der Waals surface area contributed by atoms with Crippen molar-refractivity contribution in [2.24, 2.45) is 11.7 Å². The smallest absolute Gasteiger partial charge is 0.246 e. The third kappa shape index (κ3) is 4.93. The number of carbonyl (C=O) groups excluding carboxylic acids is 1. The molecule has 0 saturated carbocycles. The van der Waals surface area contributed by atoms with Crippen LogP contribution in [0.3, 0.4) is 0 Å². The quantitative estimate of drug-likeness (QED) is 0.874. The van der Waals surface area contributed by atoms with Gasteiger partial charge < -0.3 is 10.6 Å². The van der Waals surface area contributed by atoms with Gasteiger partial charge in [0, 0.05) is 19.6 Å². The molecule has 2 aromatic rings. The van der Waals surface area contributed by atoms with Gasteiger partial charge in [0.1, 0.15) is 18.2 Å². The maximum Gasteiger partial charge on any atom is 0.246 e. The Kier molecular flexibility index (Phi) is 7.86. The molecule has 1 amide bonds. The lowest BCUT2D eigenvalue weighted by atomic mass is 9.89. The van der Waals surface area contributed by atoms with Crippen LogP contribution in [0, 0.1) is 5.92 Å². The highest BCUT2D eigenvalue weighted by atomic mass is 35.5. The van der Waals surface area contributed by atoms with Crippen LogP contribution in [0.25, 0.3) is 0 Å². The van der Waals surface area contributed by atoms with Gasteiger partial charge in [-0.25, -0.2) is 4.98 Å². The van der Waals surface area contributed by atoms with Gasteiger partial charge in [-0.3, -0.25) is 9.48 Å². The van der Waals surface area contributed by atoms with Crippen molar-refractivity contribution in [2.75, 3.05) is 13.1 Å². The van der Waals surface area contributed by atoms with Crippen LogP contribution in [0.15, 0.2) is 43.0 Å². The SMILES string of the molecule is CC(N)(C(=O)N1CCCC(Cn2cncn2)C1)c1ccccc1.Cl.Cl. The Balaban J connectivity index is 0.00000156. The monoisotopic (exact) mass is 385 g/mol. The van der Waals surface area contributed by atoms with E-state index in [9.17, 15) is 4.79 Å². The fourth-order valence-corrected chi connectivity index (χ4v) is 3.23. The fourth-order valence-electron chi connectivity index (χ4n) is 3.23. The number of piperidine rings is 1. The molecule has 0 spiro atoms. The molecule has 1 aromatic heterocycles. The van der Waals surface area contributed by atoms with Gasteiger partial charge in [0.2, 0.25) is 5.91 Å². The second-order valence-electron chi connectivity index (χ2n) is 6.45. The summed E-state index contributed by atoms with van der Waals surface area (Å²) in [7, 11) is 0. The summed E-state index contributed by atoms with van der Waals surface area (Å²) in [6, 6.07) is 9.58. The summed E-state index contributed by atoms with van der Waals surface area (Å²) in [6.07, 6.45) is 5.35. The van der Waals surface area contributed by atoms with Crippen LogP contribution in [0.1, 0.15) is 25.3 Å². The number of nitrogens with two attached hydrogens (primary N) is 1. The second-order valence-corrected chi connectivity index (χ2v) is 6.45. The van der Waals surface area contributed by atoms with Crippen LogP contribution >= 0.6 is 24.8 Å². The maximum atomic E-state index is 12.9. The van der Waals surface area contributed by atoms with E-state index >= 15 is 0 Å². The molecule has 1 aliphatic heterocycles. The number of likely N-dealkylation sites (tertiary alicyclic amines) is 1. The van der Waals surface area contributed by atoms with E-state index in [1.165, 1.54) is 6.33 Å². The minimum absolute atomic E-state index is 0. The highest BCUT2D eigenvalue weighted by Gasteiger charge is 2.36. The number of hydrogen-bond donors (Lipinski definition) is 1. The molecule has 1 aliphatic rings. The third-order valence-corrected chi connectivity index (χ3v) is 4.54. The van der Waals surface area contributed by atoms with Crippen molar-refractivity contribution in [3.63, 3.8) is 0 Å². The highest BCUT2D eigenvalue weighted by molar-refractivity contribution is 5.87. The van der Waals surface area contributed by atoms with Crippen molar-refractivity contribution >= 4 is 30.7 Å². The van der Waals surface area contributed by atoms with Gasteiger partial charge in [0.05, 0.1) is 0 Å². The molecule has 2 atom stereocenters. The minimum Gasteiger partial charge on any atom is -0.340 e. The number of rotatable bonds is 4. The van der Waals surface area contributed by atoms with Gasteiger partial charge in [-0.2, -0.15) is 5.10 Å². The van der Waals surface area contributed by atoms with Crippen molar-refractivity contribution < 1.29 is 4.79 Å². The first-order chi connectivity index (χ1) is 11.1. The molecule has 1 fully saturated rings. The predicted molar refractivity (Wildman–Crippen MR) is 102 cm³/mol. The summed E-state index contributed by atoms with van der Waals surface area (Å²) in [5.41, 5.74) is 6.24. The fraction of sp³-hybridized carbons (Fsp3) is 0.471. The summed E-state index contributed by atoms with van der Waals surface area (Å²) >= 11 is 0. The van der Waals surface area contributed by atoms with Gasteiger partial charge in [-0.15, -0.1) is 24.8 Å². The first kappa shape index (κ1) is 21.4. The van der Waals surface area contributed by atoms with Crippen molar-refractivity contribution in [2.45, 2.75) is 31.8 Å². The zero-order valence-corrected chi connectivity index (χ0v) is 15.9. The van der Waals surface area contributed by atoms with Crippen LogP contribution < -0.4 is 5.73 Å². The molecule has 1 aromatic carbocycles. The van der Waals surface area contributed by atoms with Crippen molar-refractivity contribution in [3.05, 3.63) is 48.5 Å². The van der Waals surface area contributed by atoms with E-state index in [0.717, 1.165) is 38.0 Å². The molecule has 1 saturated heterocycles. The van der Waals surface area contributed by atoms with Crippen LogP contribution in [0.2, 0.25) is 0 Å². The zero-order chi connectivity index (χ0) is 16.3. The minimum atomic E-state index is -0.990. The number of benzene rings is 1. The highest BCUT2D eigenvalue weighted by Crippen LogP contribution is 2.25. The number of aromatic nitrogens is 3. The van der Waals surface area contributed by atoms with Crippen molar-refractivity contribution in [3.8, 4) is 0 Å². The van der Waals surface area contributed by atoms with Crippen LogP contribution in [-0.4, -0.2) is 38.7 Å². The van der Waals surface area contributed by atoms with Gasteiger partial charge >= 0.3 is 0 Å². The van der Waals surface area contributed by atoms with Crippen LogP contribution in [0.4, 0.5) is 0 Å². The average molecular weight is 386 g/mol. The van der Waals surface area contributed by atoms with E-state index in [1.54, 1.807) is 13.3 Å². The Morgan fingerprint density at radius 3 is 2.68 bits per heavy atom. The molecule has 3 rings (SSSR count). The first-order valence-corrected chi connectivity index (χ1v) is 8.03. The Morgan fingerprint density at radius 1 is 1.32 bits per heavy atom. The largest absolute Gasteiger partial charge is 0.340 e. The van der Waals surface area contributed by atoms with E-state index in [1.807, 2.05) is 39.9 Å². The van der Waals surface area contributed by atoms with Gasteiger partial charge in [-0.05, 0) is 31.2 Å². The summed E-state index contributed by atoms with van der Waals surface area (Å²) in [5, 5.41) is 4.15. The number of carbonyl (C=O) groups is 1. The molecule has 25 heavy (non-hydrogen) atoms. The molecule has 2 unspecified atom stereocenters. The van der Waals surface area contributed by atoms with Crippen LogP contribution in [0.5, 0.6) is 0 Å². The van der Waals surface area contributed by atoms with E-state index in [-0.39, 0.29) is 30.7 Å². The molecule has 8 heteroatoms. The van der Waals surface area contributed by atoms with Gasteiger partial charge in [0.15, 0.2) is 0 Å². The van der Waals surface area contributed by atoms with Crippen molar-refractivity contribution in [1.82, 2.24) is 19.7 Å². The molecule has 2 heterocycles. The molecule has 0 bridgehead atoms. The summed E-state index contributed by atoms with van der Waals surface area (Å²) in [5.74, 6) is 0.382. The number of halogens is 2. The van der Waals surface area contributed by atoms with Gasteiger partial charge in [-0.1, -0.05) is 30.3 Å². The molecule has 0 radical (unpaired) electrons. The Labute approximate surface area is 160 Å². The summed E-state index contributed by atoms with van der Waals surface area (Å²) in [6.45, 7) is 4.08. The summed E-state index contributed by atoms with van der Waals surface area (Å²) < 4.78 is 1.83. The standard InChI is InChI=1S/C17H23N5O.2ClH/c1-17(18,15-7-3-2-4-8-15)16(23)21-9-5-6-14(10-21)11-22-13-19-12-20-22;;/h2-4,7-8,12-14H,5-6,9-11,18H2,1H3;2*1H. The molecular formula is C17H25Cl2N5O. The molecule has 2 N–H and O–H groups in total. The molecule has 6 nitrogen and oxygen atoms in total. The van der Waals surface area contributed by atoms with E-state index < -0.39 is 5.54 Å². The predicted octanol–water partition coefficient (Wildman–Crippen LogP) is 2.23. The topological polar surface area (TPSA) is 77.0 Å². The Hall–Kier alpha value is -1.63. The maximum absolute atomic E-state index is 12.9. The number of amides is 1. The second kappa shape index (κ2) is 9.17. The number of nitrogens with zero attached hydrogens (tertiary/aromatic N) is 4.